The second-order valence-electron chi connectivity index (χ2n) is 9.93. The molecular weight excluding hydrogens is 498 g/mol. The lowest BCUT2D eigenvalue weighted by atomic mass is 9.98. The molecule has 10 heteroatoms. The lowest BCUT2D eigenvalue weighted by molar-refractivity contribution is -0.126. The third kappa shape index (κ3) is 5.73. The Bertz CT molecular complexity index is 1400. The van der Waals surface area contributed by atoms with E-state index in [1.54, 1.807) is 13.2 Å². The zero-order valence-electron chi connectivity index (χ0n) is 21.7. The van der Waals surface area contributed by atoms with Crippen molar-refractivity contribution < 1.29 is 23.9 Å². The van der Waals surface area contributed by atoms with Crippen LogP contribution in [-0.2, 0) is 20.9 Å². The van der Waals surface area contributed by atoms with Crippen molar-refractivity contribution in [3.63, 3.8) is 0 Å². The van der Waals surface area contributed by atoms with E-state index in [9.17, 15) is 19.6 Å². The van der Waals surface area contributed by atoms with Crippen molar-refractivity contribution >= 4 is 28.6 Å². The molecule has 0 saturated carbocycles. The van der Waals surface area contributed by atoms with Crippen LogP contribution in [0.4, 0.5) is 0 Å². The van der Waals surface area contributed by atoms with E-state index < -0.39 is 18.0 Å². The van der Waals surface area contributed by atoms with Crippen molar-refractivity contribution in [2.24, 2.45) is 5.92 Å². The number of hydrogen-bond acceptors (Lipinski definition) is 6. The Morgan fingerprint density at radius 3 is 2.74 bits per heavy atom. The summed E-state index contributed by atoms with van der Waals surface area (Å²) in [5, 5.41) is 16.0. The predicted molar refractivity (Wildman–Crippen MR) is 143 cm³/mol. The molecule has 2 aliphatic heterocycles. The smallest absolute Gasteiger partial charge is 0.271 e. The second-order valence-corrected chi connectivity index (χ2v) is 9.93. The Morgan fingerprint density at radius 1 is 1.21 bits per heavy atom. The third-order valence-corrected chi connectivity index (χ3v) is 7.38. The summed E-state index contributed by atoms with van der Waals surface area (Å²) < 4.78 is 11.5. The Morgan fingerprint density at radius 2 is 2.03 bits per heavy atom. The van der Waals surface area contributed by atoms with Crippen LogP contribution in [0.15, 0.2) is 54.6 Å². The molecule has 3 aromatic rings. The molecule has 202 valence electrons. The molecule has 3 N–H and O–H groups in total. The maximum absolute atomic E-state index is 13.7. The predicted octanol–water partition coefficient (Wildman–Crippen LogP) is 2.51. The molecule has 2 fully saturated rings. The molecule has 3 heterocycles. The molecule has 2 aliphatic rings. The lowest BCUT2D eigenvalue weighted by Crippen LogP contribution is -2.49. The molecule has 0 unspecified atom stereocenters. The average Bonchev–Trinajstić information content (AvgIpc) is 3.70. The minimum absolute atomic E-state index is 0.106. The number of aromatic amines is 1. The zero-order valence-corrected chi connectivity index (χ0v) is 21.7. The first-order valence-electron chi connectivity index (χ1n) is 13.1. The molecule has 2 aromatic carbocycles. The number of likely N-dealkylation sites (tertiary alicyclic amines) is 1. The summed E-state index contributed by atoms with van der Waals surface area (Å²) in [4.78, 5) is 43.8. The number of carbonyl (C=O) groups excluding carboxylic acids is 3. The Kier molecular flexibility index (Phi) is 7.79. The molecule has 0 aliphatic carbocycles. The SMILES string of the molecule is COc1cccc2[nH]c(C(=O)N3C[C@H](OCc4ccccc4)C[C@H]3C(=O)N[C@H](C#N)C[C@@H]3CCNC3=O)cc12. The van der Waals surface area contributed by atoms with Gasteiger partial charge in [0, 0.05) is 36.3 Å². The highest BCUT2D eigenvalue weighted by atomic mass is 16.5. The maximum atomic E-state index is 13.7. The number of benzene rings is 2. The van der Waals surface area contributed by atoms with E-state index in [0.29, 0.717) is 31.0 Å². The van der Waals surface area contributed by atoms with Gasteiger partial charge in [-0.25, -0.2) is 0 Å². The van der Waals surface area contributed by atoms with Crippen LogP contribution in [-0.4, -0.2) is 66.0 Å². The fraction of sp³-hybridized carbons (Fsp3) is 0.379. The van der Waals surface area contributed by atoms with Gasteiger partial charge in [-0.1, -0.05) is 36.4 Å². The van der Waals surface area contributed by atoms with Crippen LogP contribution in [0.3, 0.4) is 0 Å². The number of nitrogens with zero attached hydrogens (tertiary/aromatic N) is 2. The van der Waals surface area contributed by atoms with Gasteiger partial charge < -0.3 is 30.0 Å². The first-order chi connectivity index (χ1) is 19.0. The Labute approximate surface area is 226 Å². The van der Waals surface area contributed by atoms with Crippen molar-refractivity contribution in [2.45, 2.75) is 44.1 Å². The topological polar surface area (TPSA) is 137 Å². The normalized spacial score (nSPS) is 21.4. The first-order valence-corrected chi connectivity index (χ1v) is 13.1. The van der Waals surface area contributed by atoms with E-state index in [1.165, 1.54) is 4.90 Å². The van der Waals surface area contributed by atoms with E-state index in [-0.39, 0.29) is 43.2 Å². The van der Waals surface area contributed by atoms with Gasteiger partial charge >= 0.3 is 0 Å². The van der Waals surface area contributed by atoms with E-state index >= 15 is 0 Å². The first kappa shape index (κ1) is 26.3. The van der Waals surface area contributed by atoms with Crippen molar-refractivity contribution in [3.8, 4) is 11.8 Å². The number of methoxy groups -OCH3 is 1. The number of nitrogens with one attached hydrogen (secondary N) is 3. The van der Waals surface area contributed by atoms with Gasteiger partial charge in [-0.05, 0) is 36.6 Å². The van der Waals surface area contributed by atoms with Crippen LogP contribution in [0.1, 0.15) is 35.3 Å². The van der Waals surface area contributed by atoms with Gasteiger partial charge in [0.1, 0.15) is 23.5 Å². The minimum atomic E-state index is -0.843. The van der Waals surface area contributed by atoms with Gasteiger partial charge in [0.05, 0.1) is 25.9 Å². The summed E-state index contributed by atoms with van der Waals surface area (Å²) >= 11 is 0. The van der Waals surface area contributed by atoms with Crippen LogP contribution in [0.5, 0.6) is 5.75 Å². The van der Waals surface area contributed by atoms with E-state index in [1.807, 2.05) is 48.5 Å². The molecule has 5 rings (SSSR count). The van der Waals surface area contributed by atoms with Crippen molar-refractivity contribution in [3.05, 3.63) is 65.9 Å². The number of aromatic nitrogens is 1. The zero-order chi connectivity index (χ0) is 27.4. The molecule has 39 heavy (non-hydrogen) atoms. The maximum Gasteiger partial charge on any atom is 0.271 e. The summed E-state index contributed by atoms with van der Waals surface area (Å²) in [7, 11) is 1.57. The standard InChI is InChI=1S/C29H31N5O5/c1-38-26-9-5-8-23-22(26)14-24(33-23)29(37)34-16-21(39-17-18-6-3-2-4-7-18)13-25(34)28(36)32-20(15-30)12-19-10-11-31-27(19)35/h2-9,14,19-21,25,33H,10-13,16-17H2,1H3,(H,31,35)(H,32,36)/t19-,20-,21+,25-/m0/s1. The fourth-order valence-electron chi connectivity index (χ4n) is 5.32. The molecular formula is C29H31N5O5. The number of carbonyl (C=O) groups is 3. The third-order valence-electron chi connectivity index (χ3n) is 7.38. The van der Waals surface area contributed by atoms with Gasteiger partial charge in [0.25, 0.3) is 5.91 Å². The second kappa shape index (κ2) is 11.6. The number of rotatable bonds is 9. The summed E-state index contributed by atoms with van der Waals surface area (Å²) in [5.41, 5.74) is 2.06. The van der Waals surface area contributed by atoms with Crippen LogP contribution in [0, 0.1) is 17.2 Å². The number of fused-ring (bicyclic) bond motifs is 1. The molecule has 1 aromatic heterocycles. The summed E-state index contributed by atoms with van der Waals surface area (Å²) in [6.45, 7) is 1.14. The molecule has 0 spiro atoms. The van der Waals surface area contributed by atoms with Crippen LogP contribution < -0.4 is 15.4 Å². The van der Waals surface area contributed by atoms with Crippen molar-refractivity contribution in [1.29, 1.82) is 5.26 Å². The Hall–Kier alpha value is -4.36. The van der Waals surface area contributed by atoms with Gasteiger partial charge in [0.2, 0.25) is 11.8 Å². The number of ether oxygens (including phenoxy) is 2. The number of hydrogen-bond donors (Lipinski definition) is 3. The van der Waals surface area contributed by atoms with Gasteiger partial charge in [-0.2, -0.15) is 5.26 Å². The molecule has 2 saturated heterocycles. The average molecular weight is 530 g/mol. The molecule has 4 atom stereocenters. The number of nitriles is 1. The Balaban J connectivity index is 1.35. The molecule has 0 bridgehead atoms. The monoisotopic (exact) mass is 529 g/mol. The van der Waals surface area contributed by atoms with Crippen LogP contribution in [0.2, 0.25) is 0 Å². The van der Waals surface area contributed by atoms with E-state index in [0.717, 1.165) is 16.5 Å². The van der Waals surface area contributed by atoms with Crippen LogP contribution >= 0.6 is 0 Å². The largest absolute Gasteiger partial charge is 0.496 e. The molecule has 3 amide bonds. The highest BCUT2D eigenvalue weighted by molar-refractivity contribution is 6.01. The molecule has 0 radical (unpaired) electrons. The van der Waals surface area contributed by atoms with Crippen molar-refractivity contribution in [2.75, 3.05) is 20.2 Å². The summed E-state index contributed by atoms with van der Waals surface area (Å²) in [5.74, 6) is -0.573. The number of H-pyrrole nitrogens is 1. The summed E-state index contributed by atoms with van der Waals surface area (Å²) in [6, 6.07) is 17.3. The summed E-state index contributed by atoms with van der Waals surface area (Å²) in [6.07, 6.45) is 0.769. The highest BCUT2D eigenvalue weighted by Crippen LogP contribution is 2.29. The quantitative estimate of drug-likeness (QED) is 0.390. The van der Waals surface area contributed by atoms with E-state index in [4.69, 9.17) is 9.47 Å². The molecule has 10 nitrogen and oxygen atoms in total. The minimum Gasteiger partial charge on any atom is -0.496 e. The fourth-order valence-corrected chi connectivity index (χ4v) is 5.32. The van der Waals surface area contributed by atoms with Crippen LogP contribution in [0.25, 0.3) is 10.9 Å². The lowest BCUT2D eigenvalue weighted by Gasteiger charge is -2.24. The van der Waals surface area contributed by atoms with Gasteiger partial charge in [-0.15, -0.1) is 0 Å². The number of amides is 3. The van der Waals surface area contributed by atoms with Gasteiger partial charge in [0.15, 0.2) is 0 Å². The highest BCUT2D eigenvalue weighted by Gasteiger charge is 2.42. The van der Waals surface area contributed by atoms with E-state index in [2.05, 4.69) is 21.7 Å². The van der Waals surface area contributed by atoms with Crippen molar-refractivity contribution in [1.82, 2.24) is 20.5 Å². The van der Waals surface area contributed by atoms with Gasteiger partial charge in [-0.3, -0.25) is 14.4 Å².